The van der Waals surface area contributed by atoms with Crippen LogP contribution in [0.5, 0.6) is 5.75 Å². The maximum atomic E-state index is 14.1. The summed E-state index contributed by atoms with van der Waals surface area (Å²) in [5, 5.41) is 16.3. The van der Waals surface area contributed by atoms with Gasteiger partial charge in [0.25, 0.3) is 5.91 Å². The Morgan fingerprint density at radius 3 is 2.35 bits per heavy atom. The normalized spacial score (nSPS) is 10.5. The number of hydrogen-bond acceptors (Lipinski definition) is 7. The minimum Gasteiger partial charge on any atom is -0.491 e. The molecular weight excluding hydrogens is 413 g/mol. The first-order chi connectivity index (χ1) is 14.9. The van der Waals surface area contributed by atoms with E-state index < -0.39 is 34.7 Å². The van der Waals surface area contributed by atoms with Crippen LogP contribution in [0.3, 0.4) is 0 Å². The average Bonchev–Trinajstić information content (AvgIpc) is 2.77. The summed E-state index contributed by atoms with van der Waals surface area (Å²) in [6, 6.07) is 7.58. The fourth-order valence-corrected chi connectivity index (χ4v) is 2.55. The SMILES string of the molecule is COc1c(F)c(F)cc(C(=O)NCCNc2ccc(Nc3ccc(C)cn3)nn2)c1F. The van der Waals surface area contributed by atoms with E-state index >= 15 is 0 Å². The number of amides is 1. The zero-order chi connectivity index (χ0) is 22.4. The molecule has 1 aromatic carbocycles. The number of nitrogens with zero attached hydrogens (tertiary/aromatic N) is 3. The van der Waals surface area contributed by atoms with E-state index in [1.54, 1.807) is 18.3 Å². The van der Waals surface area contributed by atoms with Crippen molar-refractivity contribution in [3.05, 3.63) is 65.1 Å². The van der Waals surface area contributed by atoms with E-state index in [1.807, 2.05) is 19.1 Å². The summed E-state index contributed by atoms with van der Waals surface area (Å²) < 4.78 is 45.6. The van der Waals surface area contributed by atoms with Crippen LogP contribution in [-0.4, -0.2) is 41.3 Å². The molecule has 162 valence electrons. The van der Waals surface area contributed by atoms with Crippen molar-refractivity contribution < 1.29 is 22.7 Å². The number of hydrogen-bond donors (Lipinski definition) is 3. The van der Waals surface area contributed by atoms with Gasteiger partial charge >= 0.3 is 0 Å². The summed E-state index contributed by atoms with van der Waals surface area (Å²) in [4.78, 5) is 16.3. The highest BCUT2D eigenvalue weighted by atomic mass is 19.2. The minimum atomic E-state index is -1.49. The van der Waals surface area contributed by atoms with Gasteiger partial charge in [-0.3, -0.25) is 4.79 Å². The lowest BCUT2D eigenvalue weighted by Crippen LogP contribution is -2.30. The van der Waals surface area contributed by atoms with Crippen molar-refractivity contribution in [3.8, 4) is 5.75 Å². The first-order valence-electron chi connectivity index (χ1n) is 9.16. The Morgan fingerprint density at radius 1 is 1.00 bits per heavy atom. The molecule has 0 aliphatic carbocycles. The van der Waals surface area contributed by atoms with Crippen LogP contribution in [0.15, 0.2) is 36.5 Å². The van der Waals surface area contributed by atoms with Crippen LogP contribution >= 0.6 is 0 Å². The molecule has 0 unspecified atom stereocenters. The molecule has 8 nitrogen and oxygen atoms in total. The summed E-state index contributed by atoms with van der Waals surface area (Å²) in [6.45, 7) is 2.23. The Bertz CT molecular complexity index is 1060. The van der Waals surface area contributed by atoms with Gasteiger partial charge in [0.15, 0.2) is 23.2 Å². The number of methoxy groups -OCH3 is 1. The third-order valence-corrected chi connectivity index (χ3v) is 4.11. The van der Waals surface area contributed by atoms with Crippen molar-refractivity contribution in [2.75, 3.05) is 30.8 Å². The Kier molecular flexibility index (Phi) is 6.85. The first kappa shape index (κ1) is 21.8. The number of ether oxygens (including phenoxy) is 1. The van der Waals surface area contributed by atoms with E-state index in [0.29, 0.717) is 23.5 Å². The molecule has 0 aliphatic heterocycles. The largest absolute Gasteiger partial charge is 0.491 e. The van der Waals surface area contributed by atoms with Crippen LogP contribution < -0.4 is 20.7 Å². The Balaban J connectivity index is 1.50. The fourth-order valence-electron chi connectivity index (χ4n) is 2.55. The van der Waals surface area contributed by atoms with Crippen molar-refractivity contribution in [1.82, 2.24) is 20.5 Å². The van der Waals surface area contributed by atoms with Gasteiger partial charge in [0.1, 0.15) is 11.6 Å². The van der Waals surface area contributed by atoms with Crippen LogP contribution in [-0.2, 0) is 0 Å². The van der Waals surface area contributed by atoms with Crippen LogP contribution in [0.4, 0.5) is 30.6 Å². The monoisotopic (exact) mass is 432 g/mol. The highest BCUT2D eigenvalue weighted by Gasteiger charge is 2.23. The molecule has 3 aromatic rings. The molecule has 1 amide bonds. The number of nitrogens with one attached hydrogen (secondary N) is 3. The van der Waals surface area contributed by atoms with E-state index in [9.17, 15) is 18.0 Å². The van der Waals surface area contributed by atoms with Crippen LogP contribution in [0, 0.1) is 24.4 Å². The molecule has 2 heterocycles. The van der Waals surface area contributed by atoms with E-state index in [-0.39, 0.29) is 13.1 Å². The molecule has 2 aromatic heterocycles. The lowest BCUT2D eigenvalue weighted by atomic mass is 10.1. The van der Waals surface area contributed by atoms with Crippen LogP contribution in [0.1, 0.15) is 15.9 Å². The van der Waals surface area contributed by atoms with Crippen molar-refractivity contribution in [2.24, 2.45) is 0 Å². The highest BCUT2D eigenvalue weighted by Crippen LogP contribution is 2.26. The molecule has 0 aliphatic rings. The molecular formula is C20H19F3N6O2. The Labute approximate surface area is 175 Å². The van der Waals surface area contributed by atoms with Gasteiger partial charge in [0, 0.05) is 19.3 Å². The van der Waals surface area contributed by atoms with E-state index in [4.69, 9.17) is 0 Å². The van der Waals surface area contributed by atoms with Gasteiger partial charge in [-0.15, -0.1) is 10.2 Å². The van der Waals surface area contributed by atoms with Crippen LogP contribution in [0.25, 0.3) is 0 Å². The molecule has 0 saturated carbocycles. The summed E-state index contributed by atoms with van der Waals surface area (Å²) in [5.41, 5.74) is 0.380. The highest BCUT2D eigenvalue weighted by molar-refractivity contribution is 5.95. The number of aryl methyl sites for hydroxylation is 1. The number of carbonyl (C=O) groups excluding carboxylic acids is 1. The van der Waals surface area contributed by atoms with Gasteiger partial charge in [0.05, 0.1) is 12.7 Å². The van der Waals surface area contributed by atoms with Gasteiger partial charge in [-0.2, -0.15) is 4.39 Å². The maximum Gasteiger partial charge on any atom is 0.254 e. The van der Waals surface area contributed by atoms with Crippen molar-refractivity contribution in [3.63, 3.8) is 0 Å². The van der Waals surface area contributed by atoms with Gasteiger partial charge in [-0.25, -0.2) is 13.8 Å². The van der Waals surface area contributed by atoms with Crippen molar-refractivity contribution in [2.45, 2.75) is 6.92 Å². The molecule has 0 saturated heterocycles. The van der Waals surface area contributed by atoms with Gasteiger partial charge < -0.3 is 20.7 Å². The molecule has 0 atom stereocenters. The second-order valence-electron chi connectivity index (χ2n) is 6.40. The van der Waals surface area contributed by atoms with Gasteiger partial charge in [0.2, 0.25) is 5.82 Å². The number of carbonyl (C=O) groups is 1. The first-order valence-corrected chi connectivity index (χ1v) is 9.16. The number of halogens is 3. The summed E-state index contributed by atoms with van der Waals surface area (Å²) in [7, 11) is 0.978. The predicted molar refractivity (Wildman–Crippen MR) is 108 cm³/mol. The third-order valence-electron chi connectivity index (χ3n) is 4.11. The summed E-state index contributed by atoms with van der Waals surface area (Å²) >= 11 is 0. The smallest absolute Gasteiger partial charge is 0.254 e. The molecule has 3 rings (SSSR count). The minimum absolute atomic E-state index is 0.0640. The Hall–Kier alpha value is -3.89. The molecule has 0 spiro atoms. The molecule has 31 heavy (non-hydrogen) atoms. The summed E-state index contributed by atoms with van der Waals surface area (Å²) in [6.07, 6.45) is 1.72. The number of rotatable bonds is 8. The predicted octanol–water partition coefficient (Wildman–Crippen LogP) is 3.19. The topological polar surface area (TPSA) is 101 Å². The van der Waals surface area contributed by atoms with Gasteiger partial charge in [-0.1, -0.05) is 6.07 Å². The van der Waals surface area contributed by atoms with Gasteiger partial charge in [-0.05, 0) is 36.8 Å². The van der Waals surface area contributed by atoms with E-state index in [1.165, 1.54) is 0 Å². The quantitative estimate of drug-likeness (QED) is 0.371. The number of pyridine rings is 1. The van der Waals surface area contributed by atoms with Crippen molar-refractivity contribution in [1.29, 1.82) is 0 Å². The second kappa shape index (κ2) is 9.74. The molecule has 3 N–H and O–H groups in total. The zero-order valence-corrected chi connectivity index (χ0v) is 16.7. The standard InChI is InChI=1S/C20H19F3N6O2/c1-11-3-4-14(26-10-11)27-16-6-5-15(28-29-16)24-7-8-25-20(30)12-9-13(21)18(23)19(31-2)17(12)22/h3-6,9-10H,7-8H2,1-2H3,(H,24,28)(H,25,30)(H,26,27,29). The third kappa shape index (κ3) is 5.38. The van der Waals surface area contributed by atoms with Crippen molar-refractivity contribution >= 4 is 23.4 Å². The average molecular weight is 432 g/mol. The molecule has 0 bridgehead atoms. The summed E-state index contributed by atoms with van der Waals surface area (Å²) in [5.74, 6) is -4.44. The number of anilines is 3. The Morgan fingerprint density at radius 2 is 1.71 bits per heavy atom. The molecule has 0 fully saturated rings. The molecule has 11 heteroatoms. The number of benzene rings is 1. The lowest BCUT2D eigenvalue weighted by Gasteiger charge is -2.11. The fraction of sp³-hybridized carbons (Fsp3) is 0.200. The zero-order valence-electron chi connectivity index (χ0n) is 16.7. The number of aromatic nitrogens is 3. The molecule has 0 radical (unpaired) electrons. The lowest BCUT2D eigenvalue weighted by molar-refractivity contribution is 0.0949. The van der Waals surface area contributed by atoms with E-state index in [2.05, 4.69) is 35.9 Å². The second-order valence-corrected chi connectivity index (χ2v) is 6.40. The van der Waals surface area contributed by atoms with Crippen LogP contribution in [0.2, 0.25) is 0 Å². The van der Waals surface area contributed by atoms with E-state index in [0.717, 1.165) is 12.7 Å². The maximum absolute atomic E-state index is 14.1.